The van der Waals surface area contributed by atoms with Crippen LogP contribution in [-0.4, -0.2) is 12.3 Å². The van der Waals surface area contributed by atoms with Gasteiger partial charge in [-0.25, -0.2) is 4.39 Å². The molecule has 16 heavy (non-hydrogen) atoms. The highest BCUT2D eigenvalue weighted by atomic mass is 32.2. The maximum atomic E-state index is 12.9. The standard InChI is InChI=1S/C13H20FNS/c1-13(2,10-15)7-4-8-16-12-6-3-5-11(14)9-12/h3,5-6,9H,4,7-8,10,15H2,1-2H3. The van der Waals surface area contributed by atoms with E-state index in [0.29, 0.717) is 0 Å². The van der Waals surface area contributed by atoms with Gasteiger partial charge in [-0.3, -0.25) is 0 Å². The van der Waals surface area contributed by atoms with Gasteiger partial charge in [0, 0.05) is 4.90 Å². The van der Waals surface area contributed by atoms with Gasteiger partial charge in [0.25, 0.3) is 0 Å². The molecule has 1 aromatic rings. The number of hydrogen-bond donors (Lipinski definition) is 1. The van der Waals surface area contributed by atoms with Crippen molar-refractivity contribution in [3.05, 3.63) is 30.1 Å². The molecule has 0 heterocycles. The number of hydrogen-bond acceptors (Lipinski definition) is 2. The molecule has 3 heteroatoms. The molecular formula is C13H20FNS. The lowest BCUT2D eigenvalue weighted by molar-refractivity contribution is 0.345. The number of thioether (sulfide) groups is 1. The summed E-state index contributed by atoms with van der Waals surface area (Å²) in [6.45, 7) is 5.08. The van der Waals surface area contributed by atoms with Crippen LogP contribution in [0, 0.1) is 11.2 Å². The highest BCUT2D eigenvalue weighted by Crippen LogP contribution is 2.25. The van der Waals surface area contributed by atoms with Crippen molar-refractivity contribution >= 4 is 11.8 Å². The third kappa shape index (κ3) is 4.99. The topological polar surface area (TPSA) is 26.0 Å². The van der Waals surface area contributed by atoms with E-state index in [4.69, 9.17) is 5.73 Å². The molecule has 0 saturated carbocycles. The Balaban J connectivity index is 2.26. The molecule has 0 radical (unpaired) electrons. The molecule has 0 aliphatic heterocycles. The second-order valence-electron chi connectivity index (χ2n) is 4.78. The van der Waals surface area contributed by atoms with Crippen molar-refractivity contribution in [2.45, 2.75) is 31.6 Å². The SMILES string of the molecule is CC(C)(CN)CCCSc1cccc(F)c1. The summed E-state index contributed by atoms with van der Waals surface area (Å²) in [4.78, 5) is 1.01. The summed E-state index contributed by atoms with van der Waals surface area (Å²) in [7, 11) is 0. The van der Waals surface area contributed by atoms with Crippen molar-refractivity contribution in [2.24, 2.45) is 11.1 Å². The Morgan fingerprint density at radius 1 is 1.38 bits per heavy atom. The zero-order chi connectivity index (χ0) is 12.0. The van der Waals surface area contributed by atoms with Gasteiger partial charge in [0.05, 0.1) is 0 Å². The Morgan fingerprint density at radius 3 is 2.75 bits per heavy atom. The fourth-order valence-electron chi connectivity index (χ4n) is 1.40. The molecule has 90 valence electrons. The first-order chi connectivity index (χ1) is 7.53. The van der Waals surface area contributed by atoms with E-state index in [2.05, 4.69) is 13.8 Å². The third-order valence-corrected chi connectivity index (χ3v) is 3.70. The van der Waals surface area contributed by atoms with Gasteiger partial charge in [-0.2, -0.15) is 0 Å². The lowest BCUT2D eigenvalue weighted by Gasteiger charge is -2.21. The van der Waals surface area contributed by atoms with Crippen molar-refractivity contribution in [2.75, 3.05) is 12.3 Å². The van der Waals surface area contributed by atoms with Crippen LogP contribution in [-0.2, 0) is 0 Å². The molecular weight excluding hydrogens is 221 g/mol. The van der Waals surface area contributed by atoms with E-state index in [1.165, 1.54) is 6.07 Å². The predicted octanol–water partition coefficient (Wildman–Crippen LogP) is 3.68. The van der Waals surface area contributed by atoms with Gasteiger partial charge in [-0.1, -0.05) is 19.9 Å². The van der Waals surface area contributed by atoms with Gasteiger partial charge in [0.2, 0.25) is 0 Å². The van der Waals surface area contributed by atoms with Crippen molar-refractivity contribution in [1.29, 1.82) is 0 Å². The zero-order valence-electron chi connectivity index (χ0n) is 10.0. The van der Waals surface area contributed by atoms with Gasteiger partial charge in [-0.05, 0) is 48.8 Å². The number of halogens is 1. The van der Waals surface area contributed by atoms with Crippen molar-refractivity contribution in [3.63, 3.8) is 0 Å². The Kier molecular flexibility index (Phi) is 5.29. The Bertz CT molecular complexity index is 325. The summed E-state index contributed by atoms with van der Waals surface area (Å²) in [5.41, 5.74) is 5.89. The van der Waals surface area contributed by atoms with Gasteiger partial charge < -0.3 is 5.73 Å². The van der Waals surface area contributed by atoms with Crippen LogP contribution in [0.2, 0.25) is 0 Å². The van der Waals surface area contributed by atoms with Crippen molar-refractivity contribution in [1.82, 2.24) is 0 Å². The third-order valence-electron chi connectivity index (χ3n) is 2.62. The average Bonchev–Trinajstić information content (AvgIpc) is 2.25. The molecule has 0 spiro atoms. The van der Waals surface area contributed by atoms with Crippen LogP contribution in [0.25, 0.3) is 0 Å². The quantitative estimate of drug-likeness (QED) is 0.607. The van der Waals surface area contributed by atoms with Crippen LogP contribution in [0.5, 0.6) is 0 Å². The maximum absolute atomic E-state index is 12.9. The van der Waals surface area contributed by atoms with E-state index in [0.717, 1.165) is 30.0 Å². The molecule has 0 aliphatic rings. The van der Waals surface area contributed by atoms with E-state index < -0.39 is 0 Å². The van der Waals surface area contributed by atoms with Crippen LogP contribution >= 0.6 is 11.8 Å². The Morgan fingerprint density at radius 2 is 2.12 bits per heavy atom. The summed E-state index contributed by atoms with van der Waals surface area (Å²) >= 11 is 1.70. The first kappa shape index (κ1) is 13.5. The van der Waals surface area contributed by atoms with Crippen LogP contribution in [0.3, 0.4) is 0 Å². The van der Waals surface area contributed by atoms with Crippen molar-refractivity contribution in [3.8, 4) is 0 Å². The number of rotatable bonds is 6. The van der Waals surface area contributed by atoms with Gasteiger partial charge in [-0.15, -0.1) is 11.8 Å². The minimum absolute atomic E-state index is 0.160. The summed E-state index contributed by atoms with van der Waals surface area (Å²) in [6.07, 6.45) is 2.23. The molecule has 1 aromatic carbocycles. The van der Waals surface area contributed by atoms with Crippen LogP contribution in [0.4, 0.5) is 4.39 Å². The Hall–Kier alpha value is -0.540. The summed E-state index contributed by atoms with van der Waals surface area (Å²) < 4.78 is 12.9. The van der Waals surface area contributed by atoms with Crippen LogP contribution in [0.15, 0.2) is 29.2 Å². The lowest BCUT2D eigenvalue weighted by Crippen LogP contribution is -2.23. The molecule has 0 atom stereocenters. The van der Waals surface area contributed by atoms with Gasteiger partial charge >= 0.3 is 0 Å². The molecule has 0 aliphatic carbocycles. The fraction of sp³-hybridized carbons (Fsp3) is 0.538. The highest BCUT2D eigenvalue weighted by molar-refractivity contribution is 7.99. The summed E-state index contributed by atoms with van der Waals surface area (Å²) in [6, 6.07) is 6.75. The maximum Gasteiger partial charge on any atom is 0.124 e. The molecule has 0 unspecified atom stereocenters. The number of nitrogens with two attached hydrogens (primary N) is 1. The second kappa shape index (κ2) is 6.26. The molecule has 0 aromatic heterocycles. The molecule has 0 bridgehead atoms. The smallest absolute Gasteiger partial charge is 0.124 e. The van der Waals surface area contributed by atoms with E-state index in [1.807, 2.05) is 6.07 Å². The highest BCUT2D eigenvalue weighted by Gasteiger charge is 2.14. The average molecular weight is 241 g/mol. The van der Waals surface area contributed by atoms with E-state index in [-0.39, 0.29) is 11.2 Å². The summed E-state index contributed by atoms with van der Waals surface area (Å²) in [5, 5.41) is 0. The van der Waals surface area contributed by atoms with Gasteiger partial charge in [0.1, 0.15) is 5.82 Å². The number of benzene rings is 1. The van der Waals surface area contributed by atoms with Gasteiger partial charge in [0.15, 0.2) is 0 Å². The molecule has 1 rings (SSSR count). The largest absolute Gasteiger partial charge is 0.330 e. The normalized spacial score (nSPS) is 11.8. The minimum Gasteiger partial charge on any atom is -0.330 e. The monoisotopic (exact) mass is 241 g/mol. The lowest BCUT2D eigenvalue weighted by atomic mass is 9.88. The van der Waals surface area contributed by atoms with Crippen LogP contribution in [0.1, 0.15) is 26.7 Å². The van der Waals surface area contributed by atoms with E-state index in [1.54, 1.807) is 23.9 Å². The first-order valence-electron chi connectivity index (χ1n) is 5.62. The van der Waals surface area contributed by atoms with Crippen molar-refractivity contribution < 1.29 is 4.39 Å². The van der Waals surface area contributed by atoms with E-state index in [9.17, 15) is 4.39 Å². The Labute approximate surface area is 102 Å². The molecule has 0 saturated heterocycles. The molecule has 0 amide bonds. The van der Waals surface area contributed by atoms with E-state index >= 15 is 0 Å². The second-order valence-corrected chi connectivity index (χ2v) is 5.95. The fourth-order valence-corrected chi connectivity index (χ4v) is 2.29. The predicted molar refractivity (Wildman–Crippen MR) is 69.2 cm³/mol. The minimum atomic E-state index is -0.160. The van der Waals surface area contributed by atoms with Crippen LogP contribution < -0.4 is 5.73 Å². The molecule has 2 N–H and O–H groups in total. The molecule has 0 fully saturated rings. The zero-order valence-corrected chi connectivity index (χ0v) is 10.8. The first-order valence-corrected chi connectivity index (χ1v) is 6.60. The summed E-state index contributed by atoms with van der Waals surface area (Å²) in [5.74, 6) is 0.861. The molecule has 1 nitrogen and oxygen atoms in total.